The first-order valence-electron chi connectivity index (χ1n) is 25.8. The SMILES string of the molecule is CCCC(=O)Nc1cc(C(=O)Nc2cc(C(=O)Nc3cc(C(=O)NC4C=CC5=C6C(=CC(O)C5=C4)N(C(=O)c4nc(NC(=O)c5nc(NC(=O)c7nc(NC(=O)CCC)cn7C)cn5C)cn4C)CC6CCl)n(C)c3)n(C)c2)n(C)c1. The molecule has 0 saturated carbocycles. The molecule has 0 spiro atoms. The molecule has 0 aromatic carbocycles. The molecule has 0 bridgehead atoms. The van der Waals surface area contributed by atoms with Crippen LogP contribution in [0.25, 0.3) is 0 Å². The van der Waals surface area contributed by atoms with Crippen molar-refractivity contribution < 1.29 is 43.5 Å². The number of nitrogens with zero attached hydrogens (tertiary/aromatic N) is 10. The fourth-order valence-electron chi connectivity index (χ4n) is 9.83. The summed E-state index contributed by atoms with van der Waals surface area (Å²) >= 11 is 6.55. The van der Waals surface area contributed by atoms with Gasteiger partial charge in [0.2, 0.25) is 29.3 Å². The van der Waals surface area contributed by atoms with Crippen LogP contribution in [0, 0.1) is 5.92 Å². The minimum atomic E-state index is -1.19. The molecule has 3 atom stereocenters. The van der Waals surface area contributed by atoms with Crippen LogP contribution in [0.5, 0.6) is 0 Å². The van der Waals surface area contributed by atoms with Gasteiger partial charge in [0.15, 0.2) is 17.5 Å². The predicted molar refractivity (Wildman–Crippen MR) is 300 cm³/mol. The number of amides is 8. The summed E-state index contributed by atoms with van der Waals surface area (Å²) in [6.45, 7) is 3.93. The summed E-state index contributed by atoms with van der Waals surface area (Å²) in [6, 6.07) is 3.95. The third kappa shape index (κ3) is 11.8. The van der Waals surface area contributed by atoms with E-state index >= 15 is 0 Å². The van der Waals surface area contributed by atoms with Gasteiger partial charge in [0, 0.05) is 116 Å². The number of aryl methyl sites for hydroxylation is 6. The number of alkyl halides is 1. The summed E-state index contributed by atoms with van der Waals surface area (Å²) in [5.41, 5.74) is 4.27. The minimum Gasteiger partial charge on any atom is -0.384 e. The Morgan fingerprint density at radius 3 is 1.53 bits per heavy atom. The van der Waals surface area contributed by atoms with E-state index in [1.54, 1.807) is 105 Å². The quantitative estimate of drug-likeness (QED) is 0.0550. The van der Waals surface area contributed by atoms with Crippen molar-refractivity contribution in [2.45, 2.75) is 51.7 Å². The Bertz CT molecular complexity index is 3710. The Hall–Kier alpha value is -9.56. The highest BCUT2D eigenvalue weighted by Gasteiger charge is 2.42. The van der Waals surface area contributed by atoms with Gasteiger partial charge in [0.05, 0.1) is 29.2 Å². The summed E-state index contributed by atoms with van der Waals surface area (Å²) in [4.78, 5) is 120. The summed E-state index contributed by atoms with van der Waals surface area (Å²) in [6.07, 6.45) is 16.9. The van der Waals surface area contributed by atoms with Crippen LogP contribution in [-0.4, -0.2) is 124 Å². The van der Waals surface area contributed by atoms with Crippen LogP contribution in [0.15, 0.2) is 102 Å². The second-order valence-corrected chi connectivity index (χ2v) is 20.1. The zero-order valence-corrected chi connectivity index (χ0v) is 46.3. The molecule has 3 unspecified atom stereocenters. The lowest BCUT2D eigenvalue weighted by Crippen LogP contribution is -2.36. The van der Waals surface area contributed by atoms with Gasteiger partial charge in [-0.05, 0) is 53.8 Å². The molecule has 2 aliphatic carbocycles. The Morgan fingerprint density at radius 1 is 0.568 bits per heavy atom. The van der Waals surface area contributed by atoms with Crippen LogP contribution in [-0.2, 0) is 51.9 Å². The van der Waals surface area contributed by atoms with E-state index in [0.717, 1.165) is 5.57 Å². The topological polar surface area (TPSA) is 312 Å². The number of aliphatic hydroxyl groups excluding tert-OH is 1. The molecule has 81 heavy (non-hydrogen) atoms. The Balaban J connectivity index is 0.814. The van der Waals surface area contributed by atoms with Gasteiger partial charge in [0.25, 0.3) is 35.4 Å². The molecule has 0 radical (unpaired) electrons. The number of allylic oxidation sites excluding steroid dienone is 2. The van der Waals surface area contributed by atoms with Crippen LogP contribution in [0.1, 0.15) is 103 Å². The molecule has 1 saturated heterocycles. The lowest BCUT2D eigenvalue weighted by Gasteiger charge is -2.29. The summed E-state index contributed by atoms with van der Waals surface area (Å²) in [5, 5.41) is 30.9. The van der Waals surface area contributed by atoms with Crippen LogP contribution in [0.2, 0.25) is 0 Å². The first kappa shape index (κ1) is 56.2. The van der Waals surface area contributed by atoms with Gasteiger partial charge in [-0.15, -0.1) is 11.6 Å². The molecule has 8 amide bonds. The van der Waals surface area contributed by atoms with Gasteiger partial charge in [-0.1, -0.05) is 32.1 Å². The first-order valence-corrected chi connectivity index (χ1v) is 26.3. The number of hydrogen-bond donors (Lipinski definition) is 8. The number of aromatic nitrogens is 9. The number of likely N-dealkylation sites (tertiary alicyclic amines) is 1. The zero-order chi connectivity index (χ0) is 58.1. The monoisotopic (exact) mass is 1130 g/mol. The van der Waals surface area contributed by atoms with Crippen LogP contribution in [0.4, 0.5) is 34.5 Å². The van der Waals surface area contributed by atoms with E-state index in [0.29, 0.717) is 65.3 Å². The van der Waals surface area contributed by atoms with E-state index in [2.05, 4.69) is 52.2 Å². The van der Waals surface area contributed by atoms with E-state index in [1.807, 2.05) is 13.8 Å². The fraction of sp³-hybridized carbons (Fsp3) is 0.315. The van der Waals surface area contributed by atoms with Gasteiger partial charge >= 0.3 is 0 Å². The molecule has 422 valence electrons. The zero-order valence-electron chi connectivity index (χ0n) is 45.5. The third-order valence-corrected chi connectivity index (χ3v) is 14.0. The third-order valence-electron chi connectivity index (χ3n) is 13.6. The second-order valence-electron chi connectivity index (χ2n) is 19.8. The fourth-order valence-corrected chi connectivity index (χ4v) is 10.1. The molecular formula is C54H60ClN17O9. The number of anilines is 6. The lowest BCUT2D eigenvalue weighted by atomic mass is 9.81. The molecule has 3 aliphatic rings. The first-order chi connectivity index (χ1) is 38.6. The summed E-state index contributed by atoms with van der Waals surface area (Å²) in [7, 11) is 9.75. The average molecular weight is 1130 g/mol. The highest BCUT2D eigenvalue weighted by atomic mass is 35.5. The average Bonchev–Trinajstić information content (AvgIpc) is 3.87. The highest BCUT2D eigenvalue weighted by Crippen LogP contribution is 2.44. The molecule has 1 fully saturated rings. The van der Waals surface area contributed by atoms with Crippen molar-refractivity contribution in [3.63, 3.8) is 0 Å². The normalized spacial score (nSPS) is 16.3. The van der Waals surface area contributed by atoms with Crippen LogP contribution < -0.4 is 37.2 Å². The van der Waals surface area contributed by atoms with Gasteiger partial charge in [-0.25, -0.2) is 15.0 Å². The number of aliphatic hydroxyl groups is 1. The van der Waals surface area contributed by atoms with E-state index in [-0.39, 0.29) is 76.5 Å². The largest absolute Gasteiger partial charge is 0.384 e. The standard InChI is InChI=1S/C54H60ClN17O9/c1-9-11-43(74)56-30-16-36(66(3)22-30)50(77)58-32-18-38(68(5)24-32)51(78)59-31-17-37(67(4)23-31)49(76)57-29-13-14-33-34(15-29)39(73)19-35-45(33)28(20-55)21-72(35)54(81)48-63-42(27-71(48)8)65-53(80)47-62-41(26-70(47)7)64-52(79)46-61-40(25-69(46)6)60-44(75)12-10-2/h13-19,22-29,39,73H,9-12,20-21H2,1-8H3,(H,56,74)(H,57,76)(H,58,77)(H,59,78)(H,60,75)(H,64,79)(H,65,80). The molecule has 26 nitrogen and oxygen atoms in total. The van der Waals surface area contributed by atoms with Crippen LogP contribution >= 0.6 is 11.6 Å². The second kappa shape index (κ2) is 23.0. The van der Waals surface area contributed by atoms with Crippen molar-refractivity contribution >= 4 is 93.4 Å². The van der Waals surface area contributed by atoms with Crippen molar-refractivity contribution in [1.29, 1.82) is 0 Å². The van der Waals surface area contributed by atoms with E-state index in [4.69, 9.17) is 11.6 Å². The number of fused-ring (bicyclic) bond motifs is 2. The molecule has 27 heteroatoms. The van der Waals surface area contributed by atoms with Crippen LogP contribution in [0.3, 0.4) is 0 Å². The van der Waals surface area contributed by atoms with E-state index in [1.165, 1.54) is 49.3 Å². The van der Waals surface area contributed by atoms with Gasteiger partial charge in [0.1, 0.15) is 17.1 Å². The Kier molecular flexibility index (Phi) is 16.0. The smallest absolute Gasteiger partial charge is 0.294 e. The molecule has 6 aromatic rings. The number of imidazole rings is 3. The maximum Gasteiger partial charge on any atom is 0.294 e. The number of rotatable bonds is 18. The number of nitrogens with one attached hydrogen (secondary N) is 7. The van der Waals surface area contributed by atoms with E-state index < -0.39 is 47.6 Å². The summed E-state index contributed by atoms with van der Waals surface area (Å²) in [5.74, 6) is -3.64. The highest BCUT2D eigenvalue weighted by molar-refractivity contribution is 6.18. The van der Waals surface area contributed by atoms with Crippen molar-refractivity contribution in [3.05, 3.63) is 137 Å². The molecular weight excluding hydrogens is 1070 g/mol. The number of carbonyl (C=O) groups excluding carboxylic acids is 8. The van der Waals surface area contributed by atoms with Crippen molar-refractivity contribution in [2.24, 2.45) is 48.2 Å². The number of hydrogen-bond acceptors (Lipinski definition) is 12. The Labute approximate surface area is 468 Å². The maximum atomic E-state index is 14.3. The maximum absolute atomic E-state index is 14.3. The predicted octanol–water partition coefficient (Wildman–Crippen LogP) is 4.55. The molecule has 6 aromatic heterocycles. The lowest BCUT2D eigenvalue weighted by molar-refractivity contribution is -0.117. The molecule has 8 N–H and O–H groups in total. The molecule has 7 heterocycles. The number of halogens is 1. The van der Waals surface area contributed by atoms with Gasteiger partial charge in [-0.3, -0.25) is 38.4 Å². The van der Waals surface area contributed by atoms with Gasteiger partial charge < -0.3 is 74.6 Å². The van der Waals surface area contributed by atoms with E-state index in [9.17, 15) is 43.5 Å². The van der Waals surface area contributed by atoms with Crippen molar-refractivity contribution in [1.82, 2.24) is 52.6 Å². The number of carbonyl (C=O) groups is 8. The van der Waals surface area contributed by atoms with Crippen molar-refractivity contribution in [2.75, 3.05) is 44.3 Å². The van der Waals surface area contributed by atoms with Gasteiger partial charge in [-0.2, -0.15) is 0 Å². The molecule has 9 rings (SSSR count). The minimum absolute atomic E-state index is 0.00165. The summed E-state index contributed by atoms with van der Waals surface area (Å²) < 4.78 is 9.01. The molecule has 1 aliphatic heterocycles. The Morgan fingerprint density at radius 2 is 1.02 bits per heavy atom. The van der Waals surface area contributed by atoms with Crippen molar-refractivity contribution in [3.8, 4) is 0 Å².